The quantitative estimate of drug-likeness (QED) is 0.666. The van der Waals surface area contributed by atoms with Gasteiger partial charge in [0.25, 0.3) is 0 Å². The molecular formula is C14H22O2. The zero-order chi connectivity index (χ0) is 10.8. The normalized spacial score (nSPS) is 39.9. The molecular weight excluding hydrogens is 200 g/mol. The minimum absolute atomic E-state index is 0.0841. The lowest BCUT2D eigenvalue weighted by Crippen LogP contribution is -2.24. The molecule has 0 aromatic rings. The molecule has 1 saturated heterocycles. The molecule has 1 unspecified atom stereocenters. The van der Waals surface area contributed by atoms with E-state index in [0.29, 0.717) is 18.1 Å². The summed E-state index contributed by atoms with van der Waals surface area (Å²) < 4.78 is 12.1. The van der Waals surface area contributed by atoms with Crippen molar-refractivity contribution in [3.63, 3.8) is 0 Å². The monoisotopic (exact) mass is 222 g/mol. The van der Waals surface area contributed by atoms with Gasteiger partial charge in [-0.2, -0.15) is 0 Å². The Balaban J connectivity index is 1.51. The van der Waals surface area contributed by atoms with Crippen LogP contribution in [0.4, 0.5) is 0 Å². The summed E-state index contributed by atoms with van der Waals surface area (Å²) in [5.74, 6) is 0.627. The Hall–Kier alpha value is -0.340. The molecule has 3 aliphatic rings. The molecule has 1 aliphatic heterocycles. The first-order chi connectivity index (χ1) is 7.92. The lowest BCUT2D eigenvalue weighted by molar-refractivity contribution is -0.168. The van der Waals surface area contributed by atoms with E-state index in [1.54, 1.807) is 0 Å². The van der Waals surface area contributed by atoms with Gasteiger partial charge in [-0.1, -0.05) is 31.4 Å². The fraction of sp³-hybridized carbons (Fsp3) is 0.857. The van der Waals surface area contributed by atoms with Crippen LogP contribution in [0.5, 0.6) is 0 Å². The van der Waals surface area contributed by atoms with Crippen molar-refractivity contribution in [3.8, 4) is 0 Å². The van der Waals surface area contributed by atoms with E-state index in [1.165, 1.54) is 44.9 Å². The Morgan fingerprint density at radius 2 is 1.94 bits per heavy atom. The first-order valence-corrected chi connectivity index (χ1v) is 6.89. The van der Waals surface area contributed by atoms with Crippen molar-refractivity contribution in [1.82, 2.24) is 0 Å². The molecule has 16 heavy (non-hydrogen) atoms. The topological polar surface area (TPSA) is 18.5 Å². The third-order valence-corrected chi connectivity index (χ3v) is 4.17. The molecule has 3 rings (SSSR count). The predicted molar refractivity (Wildman–Crippen MR) is 63.1 cm³/mol. The second-order valence-electron chi connectivity index (χ2n) is 5.41. The van der Waals surface area contributed by atoms with Crippen molar-refractivity contribution in [2.24, 2.45) is 5.92 Å². The molecule has 0 radical (unpaired) electrons. The van der Waals surface area contributed by atoms with Crippen molar-refractivity contribution in [1.29, 1.82) is 0 Å². The maximum Gasteiger partial charge on any atom is 0.159 e. The summed E-state index contributed by atoms with van der Waals surface area (Å²) in [7, 11) is 0. The predicted octanol–water partition coefficient (Wildman–Crippen LogP) is 3.42. The van der Waals surface area contributed by atoms with Gasteiger partial charge in [-0.3, -0.25) is 0 Å². The molecule has 0 aromatic heterocycles. The van der Waals surface area contributed by atoms with Crippen LogP contribution in [-0.2, 0) is 9.47 Å². The number of allylic oxidation sites excluding steroid dienone is 1. The van der Waals surface area contributed by atoms with Crippen molar-refractivity contribution in [2.75, 3.05) is 0 Å². The van der Waals surface area contributed by atoms with E-state index in [-0.39, 0.29) is 6.29 Å². The zero-order valence-corrected chi connectivity index (χ0v) is 9.94. The maximum atomic E-state index is 6.09. The lowest BCUT2D eigenvalue weighted by Gasteiger charge is -2.25. The summed E-state index contributed by atoms with van der Waals surface area (Å²) >= 11 is 0. The van der Waals surface area contributed by atoms with Crippen LogP contribution in [-0.4, -0.2) is 18.5 Å². The average Bonchev–Trinajstić information content (AvgIpc) is 2.72. The van der Waals surface area contributed by atoms with Crippen LogP contribution in [0.2, 0.25) is 0 Å². The van der Waals surface area contributed by atoms with Gasteiger partial charge in [-0.05, 0) is 25.7 Å². The van der Waals surface area contributed by atoms with Gasteiger partial charge in [-0.15, -0.1) is 0 Å². The number of rotatable bonds is 2. The molecule has 2 heteroatoms. The maximum absolute atomic E-state index is 6.09. The van der Waals surface area contributed by atoms with E-state index < -0.39 is 0 Å². The fourth-order valence-corrected chi connectivity index (χ4v) is 3.25. The third-order valence-electron chi connectivity index (χ3n) is 4.17. The number of ether oxygens (including phenoxy) is 2. The summed E-state index contributed by atoms with van der Waals surface area (Å²) in [4.78, 5) is 0. The van der Waals surface area contributed by atoms with E-state index in [0.717, 1.165) is 6.42 Å². The minimum atomic E-state index is 0.0841. The first kappa shape index (κ1) is 10.8. The Labute approximate surface area is 98.0 Å². The minimum Gasteiger partial charge on any atom is -0.349 e. The summed E-state index contributed by atoms with van der Waals surface area (Å²) in [6.45, 7) is 0. The van der Waals surface area contributed by atoms with Gasteiger partial charge in [0.05, 0.1) is 12.2 Å². The second-order valence-corrected chi connectivity index (χ2v) is 5.41. The second kappa shape index (κ2) is 4.89. The van der Waals surface area contributed by atoms with Gasteiger partial charge in [0.1, 0.15) is 0 Å². The molecule has 0 spiro atoms. The third kappa shape index (κ3) is 2.33. The van der Waals surface area contributed by atoms with Gasteiger partial charge in [0.15, 0.2) is 6.29 Å². The van der Waals surface area contributed by atoms with Gasteiger partial charge in [-0.25, -0.2) is 0 Å². The van der Waals surface area contributed by atoms with Gasteiger partial charge >= 0.3 is 0 Å². The Morgan fingerprint density at radius 1 is 1.06 bits per heavy atom. The van der Waals surface area contributed by atoms with Gasteiger partial charge < -0.3 is 9.47 Å². The summed E-state index contributed by atoms with van der Waals surface area (Å²) in [6.07, 6.45) is 15.6. The van der Waals surface area contributed by atoms with Crippen LogP contribution < -0.4 is 0 Å². The van der Waals surface area contributed by atoms with Crippen LogP contribution >= 0.6 is 0 Å². The number of hydrogen-bond donors (Lipinski definition) is 0. The van der Waals surface area contributed by atoms with E-state index in [1.807, 2.05) is 0 Å². The highest BCUT2D eigenvalue weighted by molar-refractivity contribution is 5.01. The Bertz CT molecular complexity index is 255. The lowest BCUT2D eigenvalue weighted by atomic mass is 9.92. The summed E-state index contributed by atoms with van der Waals surface area (Å²) in [5, 5.41) is 0. The van der Waals surface area contributed by atoms with E-state index >= 15 is 0 Å². The van der Waals surface area contributed by atoms with Crippen LogP contribution in [0.1, 0.15) is 51.4 Å². The molecule has 0 aromatic carbocycles. The van der Waals surface area contributed by atoms with E-state index in [9.17, 15) is 0 Å². The highest BCUT2D eigenvalue weighted by atomic mass is 16.7. The van der Waals surface area contributed by atoms with Crippen LogP contribution in [0.3, 0.4) is 0 Å². The first-order valence-electron chi connectivity index (χ1n) is 6.89. The number of fused-ring (bicyclic) bond motifs is 1. The van der Waals surface area contributed by atoms with Crippen molar-refractivity contribution in [2.45, 2.75) is 69.9 Å². The van der Waals surface area contributed by atoms with E-state index in [2.05, 4.69) is 12.2 Å². The fourth-order valence-electron chi connectivity index (χ4n) is 3.25. The molecule has 90 valence electrons. The molecule has 2 nitrogen and oxygen atoms in total. The molecule has 0 bridgehead atoms. The van der Waals surface area contributed by atoms with Crippen molar-refractivity contribution < 1.29 is 9.47 Å². The molecule has 2 fully saturated rings. The summed E-state index contributed by atoms with van der Waals surface area (Å²) in [6, 6.07) is 0. The molecule has 0 N–H and O–H groups in total. The van der Waals surface area contributed by atoms with Crippen molar-refractivity contribution in [3.05, 3.63) is 12.2 Å². The Kier molecular flexibility index (Phi) is 3.30. The van der Waals surface area contributed by atoms with Gasteiger partial charge in [0.2, 0.25) is 0 Å². The number of hydrogen-bond acceptors (Lipinski definition) is 2. The molecule has 1 saturated carbocycles. The molecule has 1 heterocycles. The summed E-state index contributed by atoms with van der Waals surface area (Å²) in [5.41, 5.74) is 0. The van der Waals surface area contributed by atoms with Crippen LogP contribution in [0.15, 0.2) is 12.2 Å². The van der Waals surface area contributed by atoms with Gasteiger partial charge in [0, 0.05) is 12.3 Å². The molecule has 0 amide bonds. The highest BCUT2D eigenvalue weighted by Crippen LogP contribution is 2.35. The largest absolute Gasteiger partial charge is 0.349 e. The standard InChI is InChI=1S/C14H22O2/c1-2-7-12(8-3-1)15-14-10-11-6-4-5-9-13(11)16-14/h4,6,11-14H,1-3,5,7-10H2/t11-,13-,14?/m0/s1. The average molecular weight is 222 g/mol. The Morgan fingerprint density at radius 3 is 2.75 bits per heavy atom. The van der Waals surface area contributed by atoms with Crippen LogP contribution in [0, 0.1) is 5.92 Å². The smallest absolute Gasteiger partial charge is 0.159 e. The molecule has 2 aliphatic carbocycles. The van der Waals surface area contributed by atoms with Crippen molar-refractivity contribution >= 4 is 0 Å². The SMILES string of the molecule is C1=C[C@H]2CC(OC3CCCCC3)O[C@H]2CC1. The highest BCUT2D eigenvalue weighted by Gasteiger charge is 2.36. The van der Waals surface area contributed by atoms with E-state index in [4.69, 9.17) is 9.47 Å². The van der Waals surface area contributed by atoms with Crippen LogP contribution in [0.25, 0.3) is 0 Å². The zero-order valence-electron chi connectivity index (χ0n) is 9.94. The molecule has 3 atom stereocenters.